The number of hydrogen-bond acceptors (Lipinski definition) is 3. The first-order valence-electron chi connectivity index (χ1n) is 8.16. The number of aromatic carboxylic acids is 1. The van der Waals surface area contributed by atoms with Crippen LogP contribution in [-0.2, 0) is 6.42 Å². The number of amides is 1. The fraction of sp³-hybridized carbons (Fsp3) is 0.316. The fourth-order valence-electron chi connectivity index (χ4n) is 3.29. The molecule has 2 N–H and O–H groups in total. The second-order valence-electron chi connectivity index (χ2n) is 6.27. The smallest absolute Gasteiger partial charge is 0.335 e. The number of carboxylic acid groups (broad SMARTS) is 1. The van der Waals surface area contributed by atoms with E-state index < -0.39 is 5.97 Å². The van der Waals surface area contributed by atoms with Gasteiger partial charge in [-0.25, -0.2) is 4.79 Å². The number of benzene rings is 1. The highest BCUT2D eigenvalue weighted by Crippen LogP contribution is 2.28. The summed E-state index contributed by atoms with van der Waals surface area (Å²) < 4.78 is 0. The lowest BCUT2D eigenvalue weighted by Crippen LogP contribution is -2.33. The van der Waals surface area contributed by atoms with E-state index in [1.807, 2.05) is 18.2 Å². The molecule has 24 heavy (non-hydrogen) atoms. The number of nitrogens with one attached hydrogen (secondary N) is 1. The Kier molecular flexibility index (Phi) is 4.89. The Morgan fingerprint density at radius 2 is 1.96 bits per heavy atom. The van der Waals surface area contributed by atoms with Crippen molar-refractivity contribution in [3.63, 3.8) is 0 Å². The summed E-state index contributed by atoms with van der Waals surface area (Å²) in [6, 6.07) is 13.2. The van der Waals surface area contributed by atoms with Crippen molar-refractivity contribution in [3.05, 3.63) is 65.5 Å². The fourth-order valence-corrected chi connectivity index (χ4v) is 3.29. The topological polar surface area (TPSA) is 79.3 Å². The molecule has 2 atom stereocenters. The summed E-state index contributed by atoms with van der Waals surface area (Å²) in [6.07, 6.45) is 5.36. The zero-order chi connectivity index (χ0) is 16.9. The standard InChI is InChI=1S/C19H20N2O3/c22-18(17-12-15(19(23)24)8-9-20-17)21-16-7-6-14(11-16)10-13-4-2-1-3-5-13/h1-5,8-9,12,14,16H,6-7,10-11H2,(H,21,22)(H,23,24). The van der Waals surface area contributed by atoms with Crippen molar-refractivity contribution in [3.8, 4) is 0 Å². The van der Waals surface area contributed by atoms with Gasteiger partial charge >= 0.3 is 5.97 Å². The van der Waals surface area contributed by atoms with Gasteiger partial charge in [0, 0.05) is 12.2 Å². The van der Waals surface area contributed by atoms with Crippen molar-refractivity contribution in [1.82, 2.24) is 10.3 Å². The molecule has 1 aliphatic carbocycles. The van der Waals surface area contributed by atoms with Gasteiger partial charge in [-0.3, -0.25) is 9.78 Å². The summed E-state index contributed by atoms with van der Waals surface area (Å²) in [5.41, 5.74) is 1.55. The molecule has 0 aliphatic heterocycles. The van der Waals surface area contributed by atoms with Gasteiger partial charge in [-0.2, -0.15) is 0 Å². The predicted octanol–water partition coefficient (Wildman–Crippen LogP) is 2.92. The molecule has 1 aliphatic rings. The maximum absolute atomic E-state index is 12.3. The average Bonchev–Trinajstić information content (AvgIpc) is 3.02. The lowest BCUT2D eigenvalue weighted by Gasteiger charge is -2.13. The predicted molar refractivity (Wildman–Crippen MR) is 89.9 cm³/mol. The third-order valence-electron chi connectivity index (χ3n) is 4.48. The highest BCUT2D eigenvalue weighted by atomic mass is 16.4. The van der Waals surface area contributed by atoms with Crippen molar-refractivity contribution in [1.29, 1.82) is 0 Å². The Morgan fingerprint density at radius 1 is 1.17 bits per heavy atom. The van der Waals surface area contributed by atoms with Gasteiger partial charge in [-0.05, 0) is 49.3 Å². The Hall–Kier alpha value is -2.69. The van der Waals surface area contributed by atoms with Crippen LogP contribution in [0.25, 0.3) is 0 Å². The number of pyridine rings is 1. The van der Waals surface area contributed by atoms with Crippen LogP contribution in [0.4, 0.5) is 0 Å². The molecule has 5 heteroatoms. The SMILES string of the molecule is O=C(O)c1ccnc(C(=O)NC2CCC(Cc3ccccc3)C2)c1. The minimum Gasteiger partial charge on any atom is -0.478 e. The highest BCUT2D eigenvalue weighted by Gasteiger charge is 2.26. The number of aromatic nitrogens is 1. The molecule has 3 rings (SSSR count). The minimum absolute atomic E-state index is 0.0727. The molecule has 2 unspecified atom stereocenters. The van der Waals surface area contributed by atoms with Crippen molar-refractivity contribution in [2.75, 3.05) is 0 Å². The van der Waals surface area contributed by atoms with E-state index in [-0.39, 0.29) is 23.2 Å². The van der Waals surface area contributed by atoms with Crippen LogP contribution in [0, 0.1) is 5.92 Å². The molecule has 5 nitrogen and oxygen atoms in total. The molecule has 1 heterocycles. The lowest BCUT2D eigenvalue weighted by molar-refractivity contribution is 0.0696. The van der Waals surface area contributed by atoms with E-state index in [1.165, 1.54) is 23.9 Å². The zero-order valence-corrected chi connectivity index (χ0v) is 13.3. The average molecular weight is 324 g/mol. The summed E-state index contributed by atoms with van der Waals surface area (Å²) in [5.74, 6) is -0.797. The molecule has 1 aromatic heterocycles. The van der Waals surface area contributed by atoms with Crippen LogP contribution in [0.3, 0.4) is 0 Å². The molecule has 2 aromatic rings. The van der Waals surface area contributed by atoms with E-state index in [1.54, 1.807) is 0 Å². The van der Waals surface area contributed by atoms with Crippen LogP contribution in [-0.4, -0.2) is 28.0 Å². The molecular formula is C19H20N2O3. The van der Waals surface area contributed by atoms with Crippen LogP contribution in [0.15, 0.2) is 48.7 Å². The van der Waals surface area contributed by atoms with Gasteiger partial charge in [-0.15, -0.1) is 0 Å². The second kappa shape index (κ2) is 7.25. The number of carbonyl (C=O) groups excluding carboxylic acids is 1. The van der Waals surface area contributed by atoms with E-state index in [2.05, 4.69) is 22.4 Å². The molecule has 124 valence electrons. The van der Waals surface area contributed by atoms with E-state index in [9.17, 15) is 9.59 Å². The number of carbonyl (C=O) groups is 2. The molecule has 1 saturated carbocycles. The van der Waals surface area contributed by atoms with Crippen molar-refractivity contribution in [2.45, 2.75) is 31.7 Å². The third-order valence-corrected chi connectivity index (χ3v) is 4.48. The quantitative estimate of drug-likeness (QED) is 0.886. The molecule has 0 spiro atoms. The van der Waals surface area contributed by atoms with Crippen molar-refractivity contribution >= 4 is 11.9 Å². The van der Waals surface area contributed by atoms with Gasteiger partial charge < -0.3 is 10.4 Å². The van der Waals surface area contributed by atoms with Gasteiger partial charge in [0.05, 0.1) is 5.56 Å². The van der Waals surface area contributed by atoms with Gasteiger partial charge in [0.15, 0.2) is 0 Å². The molecule has 0 bridgehead atoms. The van der Waals surface area contributed by atoms with Crippen LogP contribution in [0.2, 0.25) is 0 Å². The summed E-state index contributed by atoms with van der Waals surface area (Å²) in [6.45, 7) is 0. The summed E-state index contributed by atoms with van der Waals surface area (Å²) in [7, 11) is 0. The third kappa shape index (κ3) is 3.98. The van der Waals surface area contributed by atoms with E-state index in [4.69, 9.17) is 5.11 Å². The normalized spacial score (nSPS) is 19.8. The summed E-state index contributed by atoms with van der Waals surface area (Å²) in [5, 5.41) is 12.0. The molecule has 1 amide bonds. The van der Waals surface area contributed by atoms with Gasteiger partial charge in [0.1, 0.15) is 5.69 Å². The van der Waals surface area contributed by atoms with Crippen LogP contribution in [0.5, 0.6) is 0 Å². The maximum Gasteiger partial charge on any atom is 0.335 e. The van der Waals surface area contributed by atoms with Gasteiger partial charge in [0.25, 0.3) is 5.91 Å². The van der Waals surface area contributed by atoms with Crippen molar-refractivity contribution < 1.29 is 14.7 Å². The maximum atomic E-state index is 12.3. The van der Waals surface area contributed by atoms with Gasteiger partial charge in [0.2, 0.25) is 0 Å². The van der Waals surface area contributed by atoms with Crippen LogP contribution in [0.1, 0.15) is 45.7 Å². The first-order valence-corrected chi connectivity index (χ1v) is 8.16. The van der Waals surface area contributed by atoms with Crippen LogP contribution < -0.4 is 5.32 Å². The largest absolute Gasteiger partial charge is 0.478 e. The Labute approximate surface area is 140 Å². The molecule has 0 radical (unpaired) electrons. The monoisotopic (exact) mass is 324 g/mol. The van der Waals surface area contributed by atoms with Gasteiger partial charge in [-0.1, -0.05) is 30.3 Å². The number of carboxylic acids is 1. The highest BCUT2D eigenvalue weighted by molar-refractivity contribution is 5.95. The Bertz CT molecular complexity index is 730. The minimum atomic E-state index is -1.06. The molecule has 1 fully saturated rings. The molecule has 1 aromatic carbocycles. The number of rotatable bonds is 5. The Morgan fingerprint density at radius 3 is 2.71 bits per heavy atom. The van der Waals surface area contributed by atoms with E-state index in [0.29, 0.717) is 5.92 Å². The van der Waals surface area contributed by atoms with E-state index >= 15 is 0 Å². The summed E-state index contributed by atoms with van der Waals surface area (Å²) in [4.78, 5) is 27.2. The first-order chi connectivity index (χ1) is 11.6. The first kappa shape index (κ1) is 16.2. The number of hydrogen-bond donors (Lipinski definition) is 2. The molecule has 0 saturated heterocycles. The summed E-state index contributed by atoms with van der Waals surface area (Å²) >= 11 is 0. The number of nitrogens with zero attached hydrogens (tertiary/aromatic N) is 1. The lowest BCUT2D eigenvalue weighted by atomic mass is 9.98. The van der Waals surface area contributed by atoms with Crippen LogP contribution >= 0.6 is 0 Å². The molecular weight excluding hydrogens is 304 g/mol. The zero-order valence-electron chi connectivity index (χ0n) is 13.3. The van der Waals surface area contributed by atoms with Crippen molar-refractivity contribution in [2.24, 2.45) is 5.92 Å². The Balaban J connectivity index is 1.56. The second-order valence-corrected chi connectivity index (χ2v) is 6.27. The van der Waals surface area contributed by atoms with E-state index in [0.717, 1.165) is 25.7 Å².